The van der Waals surface area contributed by atoms with E-state index < -0.39 is 21.1 Å². The fourth-order valence-corrected chi connectivity index (χ4v) is 3.33. The molecule has 0 amide bonds. The van der Waals surface area contributed by atoms with Crippen LogP contribution in [0.4, 0.5) is 0 Å². The molecule has 2 aromatic carbocycles. The van der Waals surface area contributed by atoms with Crippen molar-refractivity contribution in [1.82, 2.24) is 0 Å². The van der Waals surface area contributed by atoms with Gasteiger partial charge in [0.15, 0.2) is 9.84 Å². The largest absolute Gasteiger partial charge is 0.478 e. The number of rotatable bonds is 4. The molecule has 0 heterocycles. The predicted octanol–water partition coefficient (Wildman–Crippen LogP) is 2.92. The molecule has 2 aromatic rings. The number of carboxylic acid groups (broad SMARTS) is 1. The van der Waals surface area contributed by atoms with Crippen LogP contribution in [0, 0.1) is 0 Å². The van der Waals surface area contributed by atoms with E-state index >= 15 is 0 Å². The molecule has 0 radical (unpaired) electrons. The smallest absolute Gasteiger partial charge is 0.335 e. The molecule has 0 aromatic heterocycles. The minimum Gasteiger partial charge on any atom is -0.478 e. The highest BCUT2D eigenvalue weighted by Gasteiger charge is 2.24. The minimum atomic E-state index is -3.53. The van der Waals surface area contributed by atoms with Gasteiger partial charge in [-0.05, 0) is 36.8 Å². The second-order valence-electron chi connectivity index (χ2n) is 4.43. The normalized spacial score (nSPS) is 12.8. The molecule has 0 aliphatic carbocycles. The highest BCUT2D eigenvalue weighted by molar-refractivity contribution is 7.91. The van der Waals surface area contributed by atoms with Crippen molar-refractivity contribution in [3.05, 3.63) is 65.7 Å². The van der Waals surface area contributed by atoms with E-state index in [-0.39, 0.29) is 10.5 Å². The maximum atomic E-state index is 12.5. The summed E-state index contributed by atoms with van der Waals surface area (Å²) in [5.41, 5.74) is 0.770. The van der Waals surface area contributed by atoms with Gasteiger partial charge in [-0.3, -0.25) is 0 Å². The summed E-state index contributed by atoms with van der Waals surface area (Å²) >= 11 is 0. The molecular formula is C15H14O4S. The van der Waals surface area contributed by atoms with Gasteiger partial charge in [0.1, 0.15) is 0 Å². The lowest BCUT2D eigenvalue weighted by molar-refractivity contribution is 0.0697. The second kappa shape index (κ2) is 5.46. The van der Waals surface area contributed by atoms with Crippen LogP contribution in [-0.4, -0.2) is 19.5 Å². The lowest BCUT2D eigenvalue weighted by atomic mass is 10.2. The Hall–Kier alpha value is -2.14. The number of sulfone groups is 1. The highest BCUT2D eigenvalue weighted by atomic mass is 32.2. The SMILES string of the molecule is CC(c1ccccc1)S(=O)(=O)c1ccc(C(=O)O)cc1. The van der Waals surface area contributed by atoms with Crippen molar-refractivity contribution in [2.24, 2.45) is 0 Å². The van der Waals surface area contributed by atoms with Gasteiger partial charge in [0.25, 0.3) is 0 Å². The van der Waals surface area contributed by atoms with Gasteiger partial charge >= 0.3 is 5.97 Å². The lowest BCUT2D eigenvalue weighted by Crippen LogP contribution is -2.11. The first kappa shape index (κ1) is 14.3. The number of aromatic carboxylic acids is 1. The van der Waals surface area contributed by atoms with Crippen LogP contribution in [0.1, 0.15) is 28.1 Å². The highest BCUT2D eigenvalue weighted by Crippen LogP contribution is 2.28. The van der Waals surface area contributed by atoms with Gasteiger partial charge in [-0.2, -0.15) is 0 Å². The zero-order valence-corrected chi connectivity index (χ0v) is 11.7. The summed E-state index contributed by atoms with van der Waals surface area (Å²) in [4.78, 5) is 10.9. The molecule has 20 heavy (non-hydrogen) atoms. The van der Waals surface area contributed by atoms with Crippen LogP contribution in [0.3, 0.4) is 0 Å². The molecule has 4 nitrogen and oxygen atoms in total. The van der Waals surface area contributed by atoms with Crippen LogP contribution < -0.4 is 0 Å². The Bertz CT molecular complexity index is 703. The molecule has 5 heteroatoms. The number of carbonyl (C=O) groups is 1. The molecule has 104 valence electrons. The molecule has 1 N–H and O–H groups in total. The molecular weight excluding hydrogens is 276 g/mol. The summed E-state index contributed by atoms with van der Waals surface area (Å²) in [6, 6.07) is 14.2. The Kier molecular flexibility index (Phi) is 3.90. The Morgan fingerprint density at radius 3 is 2.05 bits per heavy atom. The maximum absolute atomic E-state index is 12.5. The number of carboxylic acids is 1. The first-order valence-electron chi connectivity index (χ1n) is 6.05. The van der Waals surface area contributed by atoms with Crippen molar-refractivity contribution < 1.29 is 18.3 Å². The summed E-state index contributed by atoms with van der Waals surface area (Å²) in [7, 11) is -3.53. The van der Waals surface area contributed by atoms with Crippen molar-refractivity contribution in [3.63, 3.8) is 0 Å². The third-order valence-corrected chi connectivity index (χ3v) is 5.30. The molecule has 2 rings (SSSR count). The zero-order valence-electron chi connectivity index (χ0n) is 10.9. The van der Waals surface area contributed by atoms with Gasteiger partial charge in [0.2, 0.25) is 0 Å². The van der Waals surface area contributed by atoms with Crippen molar-refractivity contribution in [2.75, 3.05) is 0 Å². The first-order valence-corrected chi connectivity index (χ1v) is 7.60. The Morgan fingerprint density at radius 2 is 1.55 bits per heavy atom. The summed E-state index contributed by atoms with van der Waals surface area (Å²) in [6.07, 6.45) is 0. The molecule has 1 atom stereocenters. The molecule has 0 spiro atoms. The fourth-order valence-electron chi connectivity index (χ4n) is 1.89. The van der Waals surface area contributed by atoms with Crippen LogP contribution in [-0.2, 0) is 9.84 Å². The summed E-state index contributed by atoms with van der Waals surface area (Å²) in [5.74, 6) is -1.08. The molecule has 0 bridgehead atoms. The van der Waals surface area contributed by atoms with Crippen molar-refractivity contribution in [2.45, 2.75) is 17.1 Å². The Morgan fingerprint density at radius 1 is 1.00 bits per heavy atom. The van der Waals surface area contributed by atoms with Gasteiger partial charge in [0.05, 0.1) is 15.7 Å². The Balaban J connectivity index is 2.37. The average Bonchev–Trinajstić information content (AvgIpc) is 2.47. The molecule has 0 aliphatic rings. The summed E-state index contributed by atoms with van der Waals surface area (Å²) in [6.45, 7) is 1.62. The van der Waals surface area contributed by atoms with Crippen molar-refractivity contribution >= 4 is 15.8 Å². The molecule has 0 fully saturated rings. The number of hydrogen-bond donors (Lipinski definition) is 1. The van der Waals surface area contributed by atoms with Crippen LogP contribution in [0.2, 0.25) is 0 Å². The standard InChI is InChI=1S/C15H14O4S/c1-11(12-5-3-2-4-6-12)20(18,19)14-9-7-13(8-10-14)15(16)17/h2-11H,1H3,(H,16,17). The summed E-state index contributed by atoms with van der Waals surface area (Å²) in [5, 5.41) is 8.14. The third kappa shape index (κ3) is 2.72. The quantitative estimate of drug-likeness (QED) is 0.939. The maximum Gasteiger partial charge on any atom is 0.335 e. The van der Waals surface area contributed by atoms with Crippen molar-refractivity contribution in [1.29, 1.82) is 0 Å². The van der Waals surface area contributed by atoms with Gasteiger partial charge in [-0.1, -0.05) is 30.3 Å². The van der Waals surface area contributed by atoms with E-state index in [0.29, 0.717) is 5.56 Å². The third-order valence-electron chi connectivity index (χ3n) is 3.16. The van der Waals surface area contributed by atoms with Gasteiger partial charge in [-0.15, -0.1) is 0 Å². The zero-order chi connectivity index (χ0) is 14.8. The predicted molar refractivity (Wildman–Crippen MR) is 75.4 cm³/mol. The van der Waals surface area contributed by atoms with E-state index in [1.165, 1.54) is 24.3 Å². The lowest BCUT2D eigenvalue weighted by Gasteiger charge is -2.13. The second-order valence-corrected chi connectivity index (χ2v) is 6.70. The average molecular weight is 290 g/mol. The molecule has 0 aliphatic heterocycles. The van der Waals surface area contributed by atoms with E-state index in [2.05, 4.69) is 0 Å². The van der Waals surface area contributed by atoms with Crippen LogP contribution >= 0.6 is 0 Å². The monoisotopic (exact) mass is 290 g/mol. The van der Waals surface area contributed by atoms with E-state index in [1.54, 1.807) is 31.2 Å². The van der Waals surface area contributed by atoms with Crippen LogP contribution in [0.5, 0.6) is 0 Å². The van der Waals surface area contributed by atoms with Gasteiger partial charge in [-0.25, -0.2) is 13.2 Å². The fraction of sp³-hybridized carbons (Fsp3) is 0.133. The van der Waals surface area contributed by atoms with E-state index in [9.17, 15) is 13.2 Å². The van der Waals surface area contributed by atoms with E-state index in [1.807, 2.05) is 6.07 Å². The topological polar surface area (TPSA) is 71.4 Å². The van der Waals surface area contributed by atoms with E-state index in [4.69, 9.17) is 5.11 Å². The molecule has 0 saturated carbocycles. The van der Waals surface area contributed by atoms with Gasteiger partial charge < -0.3 is 5.11 Å². The number of benzene rings is 2. The molecule has 0 saturated heterocycles. The number of hydrogen-bond acceptors (Lipinski definition) is 3. The molecule has 1 unspecified atom stereocenters. The van der Waals surface area contributed by atoms with Crippen LogP contribution in [0.15, 0.2) is 59.5 Å². The van der Waals surface area contributed by atoms with Gasteiger partial charge in [0, 0.05) is 0 Å². The van der Waals surface area contributed by atoms with Crippen LogP contribution in [0.25, 0.3) is 0 Å². The van der Waals surface area contributed by atoms with E-state index in [0.717, 1.165) is 0 Å². The summed E-state index contributed by atoms with van der Waals surface area (Å²) < 4.78 is 24.9. The minimum absolute atomic E-state index is 0.0660. The van der Waals surface area contributed by atoms with Crippen molar-refractivity contribution in [3.8, 4) is 0 Å². The Labute approximate surface area is 117 Å². The first-order chi connectivity index (χ1) is 9.43.